The Morgan fingerprint density at radius 3 is 2.77 bits per heavy atom. The zero-order chi connectivity index (χ0) is 16.3. The quantitative estimate of drug-likeness (QED) is 0.744. The highest BCUT2D eigenvalue weighted by molar-refractivity contribution is 8.01. The Labute approximate surface area is 135 Å². The van der Waals surface area contributed by atoms with Crippen LogP contribution in [0.5, 0.6) is 0 Å². The molecule has 0 aliphatic carbocycles. The number of hydrogen-bond acceptors (Lipinski definition) is 5. The van der Waals surface area contributed by atoms with Crippen molar-refractivity contribution in [2.45, 2.75) is 63.4 Å². The van der Waals surface area contributed by atoms with E-state index < -0.39 is 12.0 Å². The Morgan fingerprint density at radius 2 is 2.14 bits per heavy atom. The molecule has 1 N–H and O–H groups in total. The average molecular weight is 328 g/mol. The third-order valence-electron chi connectivity index (χ3n) is 4.41. The molecule has 124 valence electrons. The molecule has 2 rings (SSSR count). The van der Waals surface area contributed by atoms with Crippen LogP contribution in [0.4, 0.5) is 0 Å². The van der Waals surface area contributed by atoms with E-state index in [1.807, 2.05) is 20.8 Å². The molecule has 0 unspecified atom stereocenters. The molecule has 0 bridgehead atoms. The number of carbonyl (C=O) groups excluding carboxylic acids is 3. The number of fused-ring (bicyclic) bond motifs is 1. The van der Waals surface area contributed by atoms with Crippen molar-refractivity contribution >= 4 is 29.5 Å². The Kier molecular flexibility index (Phi) is 5.36. The molecule has 0 saturated carbocycles. The van der Waals surface area contributed by atoms with Crippen LogP contribution in [0.25, 0.3) is 0 Å². The zero-order valence-electron chi connectivity index (χ0n) is 13.4. The van der Waals surface area contributed by atoms with Gasteiger partial charge in [0.2, 0.25) is 5.91 Å². The molecule has 6 nitrogen and oxygen atoms in total. The molecule has 2 heterocycles. The number of carbonyl (C=O) groups is 3. The summed E-state index contributed by atoms with van der Waals surface area (Å²) in [6, 6.07) is -0.456. The van der Waals surface area contributed by atoms with Crippen molar-refractivity contribution in [2.24, 2.45) is 0 Å². The van der Waals surface area contributed by atoms with Crippen molar-refractivity contribution in [1.29, 1.82) is 0 Å². The van der Waals surface area contributed by atoms with E-state index in [2.05, 4.69) is 5.32 Å². The van der Waals surface area contributed by atoms with Gasteiger partial charge < -0.3 is 15.0 Å². The van der Waals surface area contributed by atoms with Crippen molar-refractivity contribution in [3.63, 3.8) is 0 Å². The minimum Gasteiger partial charge on any atom is -0.454 e. The number of nitrogens with one attached hydrogen (secondary N) is 1. The third kappa shape index (κ3) is 3.39. The fourth-order valence-corrected chi connectivity index (χ4v) is 4.41. The first-order chi connectivity index (χ1) is 10.4. The maximum Gasteiger partial charge on any atom is 0.330 e. The van der Waals surface area contributed by atoms with Crippen molar-refractivity contribution in [3.05, 3.63) is 0 Å². The fourth-order valence-electron chi connectivity index (χ4n) is 2.99. The van der Waals surface area contributed by atoms with Gasteiger partial charge in [0.05, 0.1) is 4.87 Å². The smallest absolute Gasteiger partial charge is 0.330 e. The topological polar surface area (TPSA) is 75.7 Å². The average Bonchev–Trinajstić information content (AvgIpc) is 2.99. The highest BCUT2D eigenvalue weighted by atomic mass is 32.2. The summed E-state index contributed by atoms with van der Waals surface area (Å²) in [5.74, 6) is -0.236. The molecule has 0 aromatic rings. The van der Waals surface area contributed by atoms with Crippen LogP contribution in [-0.2, 0) is 19.1 Å². The van der Waals surface area contributed by atoms with Crippen LogP contribution < -0.4 is 5.32 Å². The predicted molar refractivity (Wildman–Crippen MR) is 84.2 cm³/mol. The number of thioether (sulfide) groups is 1. The largest absolute Gasteiger partial charge is 0.454 e. The van der Waals surface area contributed by atoms with Crippen molar-refractivity contribution < 1.29 is 19.1 Å². The van der Waals surface area contributed by atoms with Gasteiger partial charge in [-0.05, 0) is 26.2 Å². The minimum atomic E-state index is -0.564. The lowest BCUT2D eigenvalue weighted by Crippen LogP contribution is -2.47. The first kappa shape index (κ1) is 17.1. The Hall–Kier alpha value is -1.24. The molecule has 2 atom stereocenters. The number of hydrogen-bond donors (Lipinski definition) is 1. The van der Waals surface area contributed by atoms with Gasteiger partial charge in [-0.2, -0.15) is 0 Å². The SMILES string of the molecule is CCC(CC)NC(=O)COC(=O)[C@H]1CS[C@]2(C)CCC(=O)N12. The Bertz CT molecular complexity index is 466. The van der Waals surface area contributed by atoms with E-state index in [0.717, 1.165) is 19.3 Å². The lowest BCUT2D eigenvalue weighted by atomic mass is 10.2. The van der Waals surface area contributed by atoms with Crippen molar-refractivity contribution in [2.75, 3.05) is 12.4 Å². The molecule has 2 aliphatic heterocycles. The van der Waals surface area contributed by atoms with Crippen LogP contribution in [0.3, 0.4) is 0 Å². The molecule has 2 fully saturated rings. The van der Waals surface area contributed by atoms with Gasteiger partial charge in [0.15, 0.2) is 6.61 Å². The molecule has 0 aromatic carbocycles. The molecule has 22 heavy (non-hydrogen) atoms. The molecule has 2 amide bonds. The van der Waals surface area contributed by atoms with E-state index in [4.69, 9.17) is 4.74 Å². The Morgan fingerprint density at radius 1 is 1.45 bits per heavy atom. The van der Waals surface area contributed by atoms with Crippen LogP contribution >= 0.6 is 11.8 Å². The maximum absolute atomic E-state index is 12.2. The summed E-state index contributed by atoms with van der Waals surface area (Å²) in [7, 11) is 0. The van der Waals surface area contributed by atoms with Crippen molar-refractivity contribution in [1.82, 2.24) is 10.2 Å². The first-order valence-electron chi connectivity index (χ1n) is 7.83. The van der Waals surface area contributed by atoms with E-state index in [1.54, 1.807) is 16.7 Å². The summed E-state index contributed by atoms with van der Waals surface area (Å²) in [5.41, 5.74) is 0. The summed E-state index contributed by atoms with van der Waals surface area (Å²) in [4.78, 5) is 37.3. The minimum absolute atomic E-state index is 0.00377. The zero-order valence-corrected chi connectivity index (χ0v) is 14.2. The van der Waals surface area contributed by atoms with Crippen molar-refractivity contribution in [3.8, 4) is 0 Å². The standard InChI is InChI=1S/C15H24N2O4S/c1-4-10(5-2)16-12(18)8-21-14(20)11-9-22-15(3)7-6-13(19)17(11)15/h10-11H,4-9H2,1-3H3,(H,16,18)/t11-,15-/m1/s1. The van der Waals surface area contributed by atoms with E-state index in [-0.39, 0.29) is 29.3 Å². The van der Waals surface area contributed by atoms with Gasteiger partial charge in [0.1, 0.15) is 6.04 Å². The molecule has 0 aromatic heterocycles. The Balaban J connectivity index is 1.85. The van der Waals surface area contributed by atoms with Gasteiger partial charge in [-0.3, -0.25) is 9.59 Å². The van der Waals surface area contributed by atoms with E-state index in [0.29, 0.717) is 12.2 Å². The molecule has 0 spiro atoms. The van der Waals surface area contributed by atoms with Gasteiger partial charge in [-0.1, -0.05) is 13.8 Å². The van der Waals surface area contributed by atoms with Crippen LogP contribution in [0.15, 0.2) is 0 Å². The van der Waals surface area contributed by atoms with Crippen LogP contribution in [0.2, 0.25) is 0 Å². The van der Waals surface area contributed by atoms with Gasteiger partial charge in [0, 0.05) is 18.2 Å². The molecular weight excluding hydrogens is 304 g/mol. The lowest BCUT2D eigenvalue weighted by molar-refractivity contribution is -0.156. The van der Waals surface area contributed by atoms with Crippen LogP contribution in [0.1, 0.15) is 46.5 Å². The number of esters is 1. The molecular formula is C15H24N2O4S. The van der Waals surface area contributed by atoms with Gasteiger partial charge in [-0.25, -0.2) is 4.79 Å². The summed E-state index contributed by atoms with van der Waals surface area (Å²) in [5, 5.41) is 2.82. The summed E-state index contributed by atoms with van der Waals surface area (Å²) in [6.45, 7) is 5.69. The fraction of sp³-hybridized carbons (Fsp3) is 0.800. The summed E-state index contributed by atoms with van der Waals surface area (Å²) >= 11 is 1.61. The number of ether oxygens (including phenoxy) is 1. The second kappa shape index (κ2) is 6.89. The second-order valence-electron chi connectivity index (χ2n) is 5.95. The highest BCUT2D eigenvalue weighted by Gasteiger charge is 2.53. The van der Waals surface area contributed by atoms with E-state index >= 15 is 0 Å². The molecule has 2 saturated heterocycles. The highest BCUT2D eigenvalue weighted by Crippen LogP contribution is 2.47. The maximum atomic E-state index is 12.2. The van der Waals surface area contributed by atoms with Crippen LogP contribution in [-0.4, -0.2) is 52.0 Å². The van der Waals surface area contributed by atoms with Gasteiger partial charge >= 0.3 is 5.97 Å². The molecule has 0 radical (unpaired) electrons. The number of nitrogens with zero attached hydrogens (tertiary/aromatic N) is 1. The summed E-state index contributed by atoms with van der Waals surface area (Å²) in [6.07, 6.45) is 2.92. The van der Waals surface area contributed by atoms with Gasteiger partial charge in [-0.15, -0.1) is 11.8 Å². The van der Waals surface area contributed by atoms with E-state index in [9.17, 15) is 14.4 Å². The number of rotatable bonds is 6. The predicted octanol–water partition coefficient (Wildman–Crippen LogP) is 1.29. The normalized spacial score (nSPS) is 27.2. The summed E-state index contributed by atoms with van der Waals surface area (Å²) < 4.78 is 5.12. The van der Waals surface area contributed by atoms with E-state index in [1.165, 1.54) is 0 Å². The molecule has 7 heteroatoms. The first-order valence-corrected chi connectivity index (χ1v) is 8.82. The van der Waals surface area contributed by atoms with Gasteiger partial charge in [0.25, 0.3) is 5.91 Å². The second-order valence-corrected chi connectivity index (χ2v) is 7.46. The number of amides is 2. The third-order valence-corrected chi connectivity index (χ3v) is 5.92. The van der Waals surface area contributed by atoms with Crippen LogP contribution in [0, 0.1) is 0 Å². The monoisotopic (exact) mass is 328 g/mol. The lowest BCUT2D eigenvalue weighted by Gasteiger charge is -2.29. The molecule has 2 aliphatic rings.